The molecule has 0 amide bonds. The molecule has 3 nitrogen and oxygen atoms in total. The Hall–Kier alpha value is -1.16. The summed E-state index contributed by atoms with van der Waals surface area (Å²) in [6.45, 7) is 2.10. The number of hydrogen-bond donors (Lipinski definition) is 2. The van der Waals surface area contributed by atoms with Crippen LogP contribution in [0.1, 0.15) is 12.0 Å². The highest BCUT2D eigenvalue weighted by Crippen LogP contribution is 1.91. The lowest BCUT2D eigenvalue weighted by molar-refractivity contribution is 0.311. The fraction of sp³-hybridized carbons (Fsp3) is 0.250. The monoisotopic (exact) mass is 240 g/mol. The van der Waals surface area contributed by atoms with Gasteiger partial charge in [0.05, 0.1) is 5.36 Å². The van der Waals surface area contributed by atoms with E-state index in [4.69, 9.17) is 5.21 Å². The molecular weight excluding hydrogens is 224 g/mol. The predicted octanol–water partition coefficient (Wildman–Crippen LogP) is 1.50. The van der Waals surface area contributed by atoms with Crippen LogP contribution in [-0.2, 0) is 0 Å². The van der Waals surface area contributed by atoms with E-state index in [2.05, 4.69) is 59.8 Å². The van der Waals surface area contributed by atoms with Crippen molar-refractivity contribution in [1.82, 2.24) is 0 Å². The Labute approximate surface area is 101 Å². The number of nitrogens with two attached hydrogens (primary N) is 1. The first-order chi connectivity index (χ1) is 7.86. The molecule has 0 fully saturated rings. The second-order valence-corrected chi connectivity index (χ2v) is 3.02. The Morgan fingerprint density at radius 2 is 2.00 bits per heavy atom. The van der Waals surface area contributed by atoms with Crippen molar-refractivity contribution in [2.75, 3.05) is 6.38 Å². The maximum Gasteiger partial charge on any atom is 0.0698 e. The summed E-state index contributed by atoms with van der Waals surface area (Å²) < 4.78 is 0. The molecule has 0 atom stereocenters. The third kappa shape index (κ3) is 4.57. The SMILES string of the molecule is CCl.Cc1ccc2c(c1)=CCC=CN=2.NO. The van der Waals surface area contributed by atoms with Crippen LogP contribution >= 0.6 is 11.6 Å². The molecule has 2 rings (SSSR count). The first-order valence-corrected chi connectivity index (χ1v) is 5.55. The van der Waals surface area contributed by atoms with Crippen LogP contribution < -0.4 is 16.5 Å². The van der Waals surface area contributed by atoms with Gasteiger partial charge in [0.15, 0.2) is 0 Å². The number of alkyl halides is 1. The number of rotatable bonds is 0. The van der Waals surface area contributed by atoms with E-state index in [9.17, 15) is 0 Å². The standard InChI is InChI=1S/C11H11N.CH3Cl.H3NO/c1-9-5-6-11-10(8-9)4-2-3-7-12-11;2*1-2/h3-8H,2H2,1H3;1H3;2H,1H2. The average Bonchev–Trinajstić information content (AvgIpc) is 2.59. The lowest BCUT2D eigenvalue weighted by atomic mass is 10.2. The minimum atomic E-state index is 0.986. The van der Waals surface area contributed by atoms with Gasteiger partial charge in [-0.05, 0) is 24.6 Å². The zero-order valence-electron chi connectivity index (χ0n) is 9.52. The molecule has 0 radical (unpaired) electrons. The van der Waals surface area contributed by atoms with Crippen molar-refractivity contribution in [1.29, 1.82) is 0 Å². The third-order valence-electron chi connectivity index (χ3n) is 1.98. The molecule has 0 saturated heterocycles. The van der Waals surface area contributed by atoms with Gasteiger partial charge in [-0.2, -0.15) is 0 Å². The molecule has 0 aromatic heterocycles. The molecule has 1 aliphatic rings. The number of hydrogen-bond acceptors (Lipinski definition) is 3. The molecule has 16 heavy (non-hydrogen) atoms. The summed E-state index contributed by atoms with van der Waals surface area (Å²) in [5.74, 6) is 3.50. The van der Waals surface area contributed by atoms with E-state index in [1.54, 1.807) is 0 Å². The van der Waals surface area contributed by atoms with E-state index in [1.807, 2.05) is 6.20 Å². The minimum Gasteiger partial charge on any atom is -0.320 e. The number of halogens is 1. The molecule has 0 aliphatic carbocycles. The molecule has 0 spiro atoms. The Kier molecular flexibility index (Phi) is 8.43. The van der Waals surface area contributed by atoms with Crippen molar-refractivity contribution in [3.8, 4) is 0 Å². The normalized spacial score (nSPS) is 11.3. The van der Waals surface area contributed by atoms with Gasteiger partial charge in [-0.25, -0.2) is 5.90 Å². The van der Waals surface area contributed by atoms with Crippen LogP contribution in [0.5, 0.6) is 0 Å². The zero-order valence-corrected chi connectivity index (χ0v) is 10.3. The molecule has 1 aromatic rings. The predicted molar refractivity (Wildman–Crippen MR) is 67.9 cm³/mol. The highest BCUT2D eigenvalue weighted by molar-refractivity contribution is 6.15. The van der Waals surface area contributed by atoms with Crippen LogP contribution in [0, 0.1) is 6.92 Å². The minimum absolute atomic E-state index is 0.986. The van der Waals surface area contributed by atoms with Crippen molar-refractivity contribution in [3.05, 3.63) is 46.6 Å². The number of aryl methyl sites for hydroxylation is 1. The van der Waals surface area contributed by atoms with E-state index in [1.165, 1.54) is 17.2 Å². The number of allylic oxidation sites excluding steroid dienone is 1. The number of benzene rings is 1. The molecular formula is C12H17ClN2O. The van der Waals surface area contributed by atoms with Crippen LogP contribution in [0.4, 0.5) is 0 Å². The highest BCUT2D eigenvalue weighted by Gasteiger charge is 1.89. The summed E-state index contributed by atoms with van der Waals surface area (Å²) in [7, 11) is 0. The lowest BCUT2D eigenvalue weighted by Gasteiger charge is -1.90. The molecule has 1 aromatic carbocycles. The van der Waals surface area contributed by atoms with Gasteiger partial charge >= 0.3 is 0 Å². The third-order valence-corrected chi connectivity index (χ3v) is 1.98. The molecule has 1 heterocycles. The molecule has 3 N–H and O–H groups in total. The summed E-state index contributed by atoms with van der Waals surface area (Å²) in [5, 5.41) is 8.83. The number of fused-ring (bicyclic) bond motifs is 1. The van der Waals surface area contributed by atoms with Gasteiger partial charge in [-0.3, -0.25) is 4.99 Å². The fourth-order valence-electron chi connectivity index (χ4n) is 1.34. The van der Waals surface area contributed by atoms with Crippen molar-refractivity contribution in [2.45, 2.75) is 13.3 Å². The van der Waals surface area contributed by atoms with Gasteiger partial charge in [-0.1, -0.05) is 29.8 Å². The first-order valence-electron chi connectivity index (χ1n) is 4.79. The summed E-state index contributed by atoms with van der Waals surface area (Å²) in [4.78, 5) is 4.32. The lowest BCUT2D eigenvalue weighted by Crippen LogP contribution is -2.23. The molecule has 0 unspecified atom stereocenters. The summed E-state index contributed by atoms with van der Waals surface area (Å²) >= 11 is 4.64. The Morgan fingerprint density at radius 1 is 1.31 bits per heavy atom. The van der Waals surface area contributed by atoms with Crippen LogP contribution in [0.3, 0.4) is 0 Å². The molecule has 88 valence electrons. The largest absolute Gasteiger partial charge is 0.320 e. The summed E-state index contributed by atoms with van der Waals surface area (Å²) in [6, 6.07) is 6.33. The Morgan fingerprint density at radius 3 is 2.69 bits per heavy atom. The van der Waals surface area contributed by atoms with Gasteiger partial charge in [0.25, 0.3) is 0 Å². The van der Waals surface area contributed by atoms with E-state index in [-0.39, 0.29) is 0 Å². The van der Waals surface area contributed by atoms with E-state index in [0.717, 1.165) is 11.8 Å². The Balaban J connectivity index is 0.000000509. The smallest absolute Gasteiger partial charge is 0.0698 e. The van der Waals surface area contributed by atoms with Gasteiger partial charge in [0.1, 0.15) is 0 Å². The number of nitrogens with zero attached hydrogens (tertiary/aromatic N) is 1. The first kappa shape index (κ1) is 14.8. The Bertz CT molecular complexity index is 441. The summed E-state index contributed by atoms with van der Waals surface area (Å²) in [6.07, 6.45) is 8.60. The van der Waals surface area contributed by atoms with Gasteiger partial charge in [0.2, 0.25) is 0 Å². The van der Waals surface area contributed by atoms with E-state index < -0.39 is 0 Å². The average molecular weight is 241 g/mol. The van der Waals surface area contributed by atoms with Crippen molar-refractivity contribution < 1.29 is 5.21 Å². The fourth-order valence-corrected chi connectivity index (χ4v) is 1.34. The molecule has 1 aliphatic heterocycles. The topological polar surface area (TPSA) is 58.6 Å². The highest BCUT2D eigenvalue weighted by atomic mass is 35.5. The zero-order chi connectivity index (χ0) is 12.4. The molecule has 0 saturated carbocycles. The van der Waals surface area contributed by atoms with Crippen LogP contribution in [0.15, 0.2) is 35.5 Å². The summed E-state index contributed by atoms with van der Waals surface area (Å²) in [5.41, 5.74) is 1.29. The molecule has 0 bridgehead atoms. The second-order valence-electron chi connectivity index (χ2n) is 3.02. The van der Waals surface area contributed by atoms with Crippen molar-refractivity contribution >= 4 is 17.7 Å². The molecule has 4 heteroatoms. The van der Waals surface area contributed by atoms with Crippen LogP contribution in [0.25, 0.3) is 6.08 Å². The second kappa shape index (κ2) is 9.09. The van der Waals surface area contributed by atoms with E-state index >= 15 is 0 Å². The van der Waals surface area contributed by atoms with Crippen molar-refractivity contribution in [2.24, 2.45) is 10.9 Å². The van der Waals surface area contributed by atoms with Crippen LogP contribution in [-0.4, -0.2) is 11.6 Å². The maximum atomic E-state index is 6.50. The quantitative estimate of drug-likeness (QED) is 0.533. The van der Waals surface area contributed by atoms with Crippen LogP contribution in [0.2, 0.25) is 0 Å². The van der Waals surface area contributed by atoms with Gasteiger partial charge < -0.3 is 5.21 Å². The van der Waals surface area contributed by atoms with E-state index in [0.29, 0.717) is 0 Å². The maximum absolute atomic E-state index is 6.50. The van der Waals surface area contributed by atoms with Gasteiger partial charge in [-0.15, -0.1) is 11.6 Å². The van der Waals surface area contributed by atoms with Gasteiger partial charge in [0, 0.05) is 12.6 Å². The van der Waals surface area contributed by atoms with Crippen molar-refractivity contribution in [3.63, 3.8) is 0 Å².